The number of esters is 1. The first-order chi connectivity index (χ1) is 8.01. The lowest BCUT2D eigenvalue weighted by Gasteiger charge is -2.08. The van der Waals surface area contributed by atoms with Gasteiger partial charge in [0.1, 0.15) is 0 Å². The zero-order valence-electron chi connectivity index (χ0n) is 10.1. The van der Waals surface area contributed by atoms with Crippen molar-refractivity contribution in [1.82, 2.24) is 5.32 Å². The van der Waals surface area contributed by atoms with E-state index in [1.807, 2.05) is 24.3 Å². The molecule has 94 valence electrons. The second-order valence-corrected chi connectivity index (χ2v) is 3.40. The van der Waals surface area contributed by atoms with Gasteiger partial charge in [0.15, 0.2) is 5.11 Å². The fourth-order valence-corrected chi connectivity index (χ4v) is 0.906. The number of thiocarbonyl (C=S) groups is 1. The largest absolute Gasteiger partial charge is 0.469 e. The maximum absolute atomic E-state index is 9.59. The standard InChI is InChI=1S/C8H11N3S.C3H6O2/c1-10-8(12)11-7-5-3-2-4-6(7)9;1-3(4)5-2/h2-5H,9H2,1H3,(H2,10,11,12);1-2H3. The molecule has 0 aromatic heterocycles. The van der Waals surface area contributed by atoms with Crippen molar-refractivity contribution in [1.29, 1.82) is 0 Å². The lowest BCUT2D eigenvalue weighted by molar-refractivity contribution is -0.137. The molecule has 5 nitrogen and oxygen atoms in total. The van der Waals surface area contributed by atoms with E-state index in [0.29, 0.717) is 10.8 Å². The number of rotatable bonds is 1. The van der Waals surface area contributed by atoms with Gasteiger partial charge < -0.3 is 21.1 Å². The van der Waals surface area contributed by atoms with E-state index in [0.717, 1.165) is 5.69 Å². The van der Waals surface area contributed by atoms with Gasteiger partial charge in [0.05, 0.1) is 18.5 Å². The summed E-state index contributed by atoms with van der Waals surface area (Å²) in [6.07, 6.45) is 0. The SMILES string of the molecule is CNC(=S)Nc1ccccc1N.COC(C)=O. The van der Waals surface area contributed by atoms with E-state index >= 15 is 0 Å². The summed E-state index contributed by atoms with van der Waals surface area (Å²) in [5, 5.41) is 6.32. The molecule has 0 atom stereocenters. The molecule has 0 saturated heterocycles. The maximum Gasteiger partial charge on any atom is 0.302 e. The molecule has 1 aromatic carbocycles. The number of hydrogen-bond acceptors (Lipinski definition) is 4. The Balaban J connectivity index is 0.000000437. The van der Waals surface area contributed by atoms with Crippen LogP contribution in [-0.4, -0.2) is 25.2 Å². The van der Waals surface area contributed by atoms with E-state index in [4.69, 9.17) is 18.0 Å². The van der Waals surface area contributed by atoms with Crippen molar-refractivity contribution >= 4 is 34.7 Å². The van der Waals surface area contributed by atoms with Crippen LogP contribution in [0.1, 0.15) is 6.92 Å². The second-order valence-electron chi connectivity index (χ2n) is 2.99. The quantitative estimate of drug-likeness (QED) is 0.400. The van der Waals surface area contributed by atoms with Crippen molar-refractivity contribution in [2.24, 2.45) is 0 Å². The number of carbonyl (C=O) groups excluding carboxylic acids is 1. The van der Waals surface area contributed by atoms with E-state index in [-0.39, 0.29) is 5.97 Å². The lowest BCUT2D eigenvalue weighted by atomic mass is 10.3. The van der Waals surface area contributed by atoms with Gasteiger partial charge in [-0.3, -0.25) is 4.79 Å². The van der Waals surface area contributed by atoms with Gasteiger partial charge in [0, 0.05) is 14.0 Å². The summed E-state index contributed by atoms with van der Waals surface area (Å²) in [6.45, 7) is 1.36. The molecule has 0 aliphatic rings. The van der Waals surface area contributed by atoms with Crippen molar-refractivity contribution in [3.05, 3.63) is 24.3 Å². The molecule has 0 amide bonds. The Hall–Kier alpha value is -1.82. The van der Waals surface area contributed by atoms with Crippen molar-refractivity contribution in [3.63, 3.8) is 0 Å². The normalized spacial score (nSPS) is 8.41. The average Bonchev–Trinajstić information content (AvgIpc) is 2.32. The molecule has 0 bridgehead atoms. The van der Waals surface area contributed by atoms with Gasteiger partial charge in [-0.1, -0.05) is 12.1 Å². The highest BCUT2D eigenvalue weighted by molar-refractivity contribution is 7.80. The summed E-state index contributed by atoms with van der Waals surface area (Å²) >= 11 is 4.92. The number of carbonyl (C=O) groups is 1. The molecule has 0 heterocycles. The number of benzene rings is 1. The van der Waals surface area contributed by atoms with Gasteiger partial charge in [0.25, 0.3) is 0 Å². The zero-order chi connectivity index (χ0) is 13.3. The molecular formula is C11H17N3O2S. The Morgan fingerprint density at radius 3 is 2.35 bits per heavy atom. The fourth-order valence-electron chi connectivity index (χ4n) is 0.796. The second kappa shape index (κ2) is 8.35. The summed E-state index contributed by atoms with van der Waals surface area (Å²) in [5.41, 5.74) is 7.19. The Labute approximate surface area is 106 Å². The molecule has 0 radical (unpaired) electrons. The predicted octanol–water partition coefficient (Wildman–Crippen LogP) is 1.36. The number of nitrogens with two attached hydrogens (primary N) is 1. The van der Waals surface area contributed by atoms with Crippen LogP contribution in [0, 0.1) is 0 Å². The molecule has 1 aromatic rings. The molecule has 0 spiro atoms. The minimum atomic E-state index is -0.245. The fraction of sp³-hybridized carbons (Fsp3) is 0.273. The van der Waals surface area contributed by atoms with E-state index in [2.05, 4.69) is 15.4 Å². The third-order valence-electron chi connectivity index (χ3n) is 1.72. The predicted molar refractivity (Wildman–Crippen MR) is 73.8 cm³/mol. The summed E-state index contributed by atoms with van der Waals surface area (Å²) in [7, 11) is 3.11. The molecule has 17 heavy (non-hydrogen) atoms. The molecule has 0 unspecified atom stereocenters. The zero-order valence-corrected chi connectivity index (χ0v) is 10.9. The Kier molecular flexibility index (Phi) is 7.45. The van der Waals surface area contributed by atoms with Crippen LogP contribution in [0.3, 0.4) is 0 Å². The molecule has 0 saturated carbocycles. The van der Waals surface area contributed by atoms with Crippen molar-refractivity contribution in [2.75, 3.05) is 25.2 Å². The Morgan fingerprint density at radius 1 is 1.41 bits per heavy atom. The van der Waals surface area contributed by atoms with Crippen LogP contribution >= 0.6 is 12.2 Å². The van der Waals surface area contributed by atoms with Crippen LogP contribution in [0.2, 0.25) is 0 Å². The summed E-state index contributed by atoms with van der Waals surface area (Å²) in [5.74, 6) is -0.245. The molecule has 0 fully saturated rings. The average molecular weight is 255 g/mol. The summed E-state index contributed by atoms with van der Waals surface area (Å²) < 4.78 is 4.11. The van der Waals surface area contributed by atoms with Gasteiger partial charge in [-0.25, -0.2) is 0 Å². The minimum absolute atomic E-state index is 0.245. The summed E-state index contributed by atoms with van der Waals surface area (Å²) in [6, 6.07) is 7.47. The van der Waals surface area contributed by atoms with Gasteiger partial charge in [-0.05, 0) is 24.4 Å². The van der Waals surface area contributed by atoms with Crippen LogP contribution in [-0.2, 0) is 9.53 Å². The minimum Gasteiger partial charge on any atom is -0.469 e. The first-order valence-corrected chi connectivity index (χ1v) is 5.29. The van der Waals surface area contributed by atoms with Crippen LogP contribution in [0.4, 0.5) is 11.4 Å². The number of nitrogens with one attached hydrogen (secondary N) is 2. The highest BCUT2D eigenvalue weighted by Gasteiger charge is 1.97. The molecular weight excluding hydrogens is 238 g/mol. The number of para-hydroxylation sites is 2. The third kappa shape index (κ3) is 7.13. The van der Waals surface area contributed by atoms with Gasteiger partial charge >= 0.3 is 5.97 Å². The van der Waals surface area contributed by atoms with Crippen molar-refractivity contribution in [3.8, 4) is 0 Å². The Bertz CT molecular complexity index is 383. The lowest BCUT2D eigenvalue weighted by Crippen LogP contribution is -2.24. The topological polar surface area (TPSA) is 76.4 Å². The van der Waals surface area contributed by atoms with Crippen LogP contribution in [0.15, 0.2) is 24.3 Å². The van der Waals surface area contributed by atoms with Gasteiger partial charge in [0.2, 0.25) is 0 Å². The first-order valence-electron chi connectivity index (χ1n) is 4.89. The molecule has 6 heteroatoms. The summed E-state index contributed by atoms with van der Waals surface area (Å²) in [4.78, 5) is 9.59. The van der Waals surface area contributed by atoms with Crippen molar-refractivity contribution in [2.45, 2.75) is 6.92 Å². The van der Waals surface area contributed by atoms with Crippen molar-refractivity contribution < 1.29 is 9.53 Å². The van der Waals surface area contributed by atoms with E-state index in [1.54, 1.807) is 7.05 Å². The van der Waals surface area contributed by atoms with Crippen LogP contribution < -0.4 is 16.4 Å². The Morgan fingerprint density at radius 2 is 1.94 bits per heavy atom. The highest BCUT2D eigenvalue weighted by atomic mass is 32.1. The van der Waals surface area contributed by atoms with E-state index < -0.39 is 0 Å². The smallest absolute Gasteiger partial charge is 0.302 e. The highest BCUT2D eigenvalue weighted by Crippen LogP contribution is 2.15. The third-order valence-corrected chi connectivity index (χ3v) is 2.03. The number of methoxy groups -OCH3 is 1. The number of nitrogen functional groups attached to an aromatic ring is 1. The van der Waals surface area contributed by atoms with Crippen LogP contribution in [0.25, 0.3) is 0 Å². The number of anilines is 2. The molecule has 0 aliphatic heterocycles. The molecule has 0 aliphatic carbocycles. The number of hydrogen-bond donors (Lipinski definition) is 3. The monoisotopic (exact) mass is 255 g/mol. The molecule has 1 rings (SSSR count). The number of ether oxygens (including phenoxy) is 1. The van der Waals surface area contributed by atoms with E-state index in [9.17, 15) is 4.79 Å². The molecule has 4 N–H and O–H groups in total. The first kappa shape index (κ1) is 15.2. The van der Waals surface area contributed by atoms with Gasteiger partial charge in [-0.15, -0.1) is 0 Å². The van der Waals surface area contributed by atoms with Crippen LogP contribution in [0.5, 0.6) is 0 Å². The van der Waals surface area contributed by atoms with Gasteiger partial charge in [-0.2, -0.15) is 0 Å². The maximum atomic E-state index is 9.59. The van der Waals surface area contributed by atoms with E-state index in [1.165, 1.54) is 14.0 Å².